The van der Waals surface area contributed by atoms with E-state index in [1.807, 2.05) is 13.0 Å². The van der Waals surface area contributed by atoms with Gasteiger partial charge in [0, 0.05) is 33.3 Å². The van der Waals surface area contributed by atoms with Crippen molar-refractivity contribution in [3.05, 3.63) is 79.7 Å². The van der Waals surface area contributed by atoms with Gasteiger partial charge in [0.15, 0.2) is 0 Å². The lowest BCUT2D eigenvalue weighted by Gasteiger charge is -2.18. The molecular formula is C22H20ClN7O3S. The summed E-state index contributed by atoms with van der Waals surface area (Å²) in [6.45, 7) is 2.03. The third-order valence-electron chi connectivity index (χ3n) is 5.13. The molecule has 34 heavy (non-hydrogen) atoms. The van der Waals surface area contributed by atoms with Gasteiger partial charge in [0.05, 0.1) is 24.1 Å². The quantitative estimate of drug-likeness (QED) is 0.132. The maximum Gasteiger partial charge on any atom is 0.345 e. The zero-order chi connectivity index (χ0) is 24.4. The van der Waals surface area contributed by atoms with Gasteiger partial charge in [0.25, 0.3) is 5.56 Å². The zero-order valence-corrected chi connectivity index (χ0v) is 19.5. The molecule has 4 rings (SSSR count). The van der Waals surface area contributed by atoms with E-state index < -0.39 is 5.97 Å². The highest BCUT2D eigenvalue weighted by Crippen LogP contribution is 2.32. The Kier molecular flexibility index (Phi) is 6.50. The van der Waals surface area contributed by atoms with Gasteiger partial charge in [-0.1, -0.05) is 11.6 Å². The lowest BCUT2D eigenvalue weighted by atomic mass is 10.0. The molecule has 10 nitrogen and oxygen atoms in total. The number of imidazole rings is 1. The fraction of sp³-hybridized carbons (Fsp3) is 0.0909. The average molecular weight is 498 g/mol. The lowest BCUT2D eigenvalue weighted by molar-refractivity contribution is 0.0702. The number of halogens is 1. The first-order valence-electron chi connectivity index (χ1n) is 9.91. The van der Waals surface area contributed by atoms with Crippen LogP contribution in [0.4, 0.5) is 5.69 Å². The monoisotopic (exact) mass is 497 g/mol. The van der Waals surface area contributed by atoms with Gasteiger partial charge >= 0.3 is 5.97 Å². The van der Waals surface area contributed by atoms with Crippen LogP contribution in [0.5, 0.6) is 0 Å². The van der Waals surface area contributed by atoms with Crippen molar-refractivity contribution in [3.63, 3.8) is 0 Å². The summed E-state index contributed by atoms with van der Waals surface area (Å²) >= 11 is 7.33. The minimum Gasteiger partial charge on any atom is -0.477 e. The van der Waals surface area contributed by atoms with Gasteiger partial charge in [-0.15, -0.1) is 11.3 Å². The summed E-state index contributed by atoms with van der Waals surface area (Å²) in [4.78, 5) is 31.9. The molecule has 3 aromatic heterocycles. The highest BCUT2D eigenvalue weighted by molar-refractivity contribution is 7.12. The van der Waals surface area contributed by atoms with Gasteiger partial charge in [-0.3, -0.25) is 9.80 Å². The van der Waals surface area contributed by atoms with Crippen molar-refractivity contribution >= 4 is 40.9 Å². The molecule has 0 saturated carbocycles. The van der Waals surface area contributed by atoms with Crippen molar-refractivity contribution in [1.82, 2.24) is 14.5 Å². The number of benzene rings is 1. The van der Waals surface area contributed by atoms with Crippen LogP contribution in [0.25, 0.3) is 22.4 Å². The number of H-pyrrole nitrogens is 1. The molecule has 6 N–H and O–H groups in total. The van der Waals surface area contributed by atoms with E-state index >= 15 is 0 Å². The van der Waals surface area contributed by atoms with E-state index in [-0.39, 0.29) is 17.0 Å². The number of carbonyl (C=O) groups is 1. The number of nitrogens with one attached hydrogen (secondary N) is 1. The zero-order valence-electron chi connectivity index (χ0n) is 17.9. The van der Waals surface area contributed by atoms with Crippen molar-refractivity contribution in [2.75, 3.05) is 5.01 Å². The van der Waals surface area contributed by atoms with Crippen LogP contribution in [-0.4, -0.2) is 31.9 Å². The van der Waals surface area contributed by atoms with Crippen LogP contribution in [0, 0.1) is 6.92 Å². The molecule has 0 spiro atoms. The normalized spacial score (nSPS) is 11.3. The maximum atomic E-state index is 13.0. The second-order valence-corrected chi connectivity index (χ2v) is 8.74. The van der Waals surface area contributed by atoms with Gasteiger partial charge in [0.1, 0.15) is 17.0 Å². The number of aryl methyl sites for hydroxylation is 1. The first kappa shape index (κ1) is 23.2. The first-order chi connectivity index (χ1) is 16.3. The smallest absolute Gasteiger partial charge is 0.345 e. The molecule has 0 aliphatic carbocycles. The molecule has 0 atom stereocenters. The Bertz CT molecular complexity index is 1460. The summed E-state index contributed by atoms with van der Waals surface area (Å²) < 4.78 is 1.58. The second-order valence-electron chi connectivity index (χ2n) is 7.39. The Morgan fingerprint density at radius 2 is 2.12 bits per heavy atom. The van der Waals surface area contributed by atoms with Crippen LogP contribution >= 0.6 is 22.9 Å². The summed E-state index contributed by atoms with van der Waals surface area (Å²) in [5.41, 5.74) is 3.72. The van der Waals surface area contributed by atoms with Gasteiger partial charge in [-0.25, -0.2) is 15.6 Å². The standard InChI is InChI=1S/C22H20ClN7O3S/c1-12-4-13(16-7-15(23)2-3-18(16)30(25)11-27-24)6-21(31)29(12)9-20-26-8-17(28-20)14-5-19(22(32)33)34-10-14/h2-8,10-11H,9,24-25H2,1H3,(H,26,28)(H,32,33). The van der Waals surface area contributed by atoms with Gasteiger partial charge < -0.3 is 20.5 Å². The van der Waals surface area contributed by atoms with E-state index in [1.165, 1.54) is 17.4 Å². The minimum absolute atomic E-state index is 0.214. The molecule has 1 aromatic carbocycles. The van der Waals surface area contributed by atoms with Crippen molar-refractivity contribution in [3.8, 4) is 22.4 Å². The van der Waals surface area contributed by atoms with E-state index in [0.717, 1.165) is 16.9 Å². The van der Waals surface area contributed by atoms with Crippen molar-refractivity contribution in [1.29, 1.82) is 0 Å². The molecule has 3 heterocycles. The topological polar surface area (TPSA) is 156 Å². The van der Waals surface area contributed by atoms with E-state index in [2.05, 4.69) is 15.1 Å². The van der Waals surface area contributed by atoms with E-state index in [1.54, 1.807) is 40.4 Å². The van der Waals surface area contributed by atoms with Crippen LogP contribution in [-0.2, 0) is 6.54 Å². The molecule has 12 heteroatoms. The van der Waals surface area contributed by atoms with Gasteiger partial charge in [0.2, 0.25) is 0 Å². The maximum absolute atomic E-state index is 13.0. The van der Waals surface area contributed by atoms with Crippen LogP contribution < -0.4 is 22.3 Å². The number of aromatic nitrogens is 3. The predicted octanol–water partition coefficient (Wildman–Crippen LogP) is 3.26. The Hall–Kier alpha value is -3.93. The lowest BCUT2D eigenvalue weighted by Crippen LogP contribution is -2.30. The number of pyridine rings is 1. The molecule has 0 aliphatic rings. The Morgan fingerprint density at radius 1 is 1.32 bits per heavy atom. The second kappa shape index (κ2) is 9.51. The molecule has 0 amide bonds. The number of thiophene rings is 1. The van der Waals surface area contributed by atoms with Gasteiger partial charge in [-0.05, 0) is 42.8 Å². The third-order valence-corrected chi connectivity index (χ3v) is 6.28. The Balaban J connectivity index is 1.65. The Morgan fingerprint density at radius 3 is 2.79 bits per heavy atom. The predicted molar refractivity (Wildman–Crippen MR) is 133 cm³/mol. The highest BCUT2D eigenvalue weighted by Gasteiger charge is 2.15. The number of hydrazine groups is 1. The molecule has 0 aliphatic heterocycles. The van der Waals surface area contributed by atoms with E-state index in [4.69, 9.17) is 28.4 Å². The summed E-state index contributed by atoms with van der Waals surface area (Å²) in [6.07, 6.45) is 2.87. The molecule has 0 radical (unpaired) electrons. The number of nitrogens with zero attached hydrogens (tertiary/aromatic N) is 4. The number of aromatic carboxylic acids is 1. The number of rotatable bonds is 7. The summed E-state index contributed by atoms with van der Waals surface area (Å²) in [7, 11) is 0. The first-order valence-corrected chi connectivity index (χ1v) is 11.2. The Labute approximate surface area is 202 Å². The van der Waals surface area contributed by atoms with Crippen LogP contribution in [0.2, 0.25) is 5.02 Å². The molecule has 0 fully saturated rings. The molecular weight excluding hydrogens is 478 g/mol. The molecule has 0 bridgehead atoms. The number of nitrogens with two attached hydrogens (primary N) is 2. The number of anilines is 1. The van der Waals surface area contributed by atoms with Crippen LogP contribution in [0.1, 0.15) is 21.2 Å². The molecule has 4 aromatic rings. The SMILES string of the molecule is Cc1cc(-c2cc(Cl)ccc2N(N)C=NN)cc(=O)n1Cc1ncc(-c2csc(C(=O)O)c2)[nH]1. The average Bonchev–Trinajstić information content (AvgIpc) is 3.46. The number of hydrogen-bond acceptors (Lipinski definition) is 7. The summed E-state index contributed by atoms with van der Waals surface area (Å²) in [5, 5.41) is 16.0. The fourth-order valence-corrected chi connectivity index (χ4v) is 4.43. The number of carboxylic acids is 1. The number of hydrazone groups is 1. The van der Waals surface area contributed by atoms with Crippen LogP contribution in [0.3, 0.4) is 0 Å². The molecule has 0 unspecified atom stereocenters. The highest BCUT2D eigenvalue weighted by atomic mass is 35.5. The number of hydrogen-bond donors (Lipinski definition) is 4. The summed E-state index contributed by atoms with van der Waals surface area (Å²) in [6, 6.07) is 10.0. The van der Waals surface area contributed by atoms with E-state index in [9.17, 15) is 9.59 Å². The van der Waals surface area contributed by atoms with Crippen molar-refractivity contribution in [2.24, 2.45) is 16.8 Å². The minimum atomic E-state index is -0.978. The number of aromatic amines is 1. The van der Waals surface area contributed by atoms with Gasteiger partial charge in [-0.2, -0.15) is 5.10 Å². The van der Waals surface area contributed by atoms with E-state index in [0.29, 0.717) is 39.0 Å². The number of carboxylic acid groups (broad SMARTS) is 1. The van der Waals surface area contributed by atoms with Crippen molar-refractivity contribution in [2.45, 2.75) is 13.5 Å². The summed E-state index contributed by atoms with van der Waals surface area (Å²) in [5.74, 6) is 10.8. The molecule has 0 saturated heterocycles. The molecule has 174 valence electrons. The fourth-order valence-electron chi connectivity index (χ4n) is 3.52. The van der Waals surface area contributed by atoms with Crippen LogP contribution in [0.15, 0.2) is 57.9 Å². The third kappa shape index (κ3) is 4.71. The largest absolute Gasteiger partial charge is 0.477 e. The van der Waals surface area contributed by atoms with Crippen molar-refractivity contribution < 1.29 is 9.90 Å².